The minimum absolute atomic E-state index is 0.0744. The van der Waals surface area contributed by atoms with Gasteiger partial charge in [-0.05, 0) is 27.8 Å². The van der Waals surface area contributed by atoms with E-state index in [2.05, 4.69) is 17.0 Å². The minimum Gasteiger partial charge on any atom is -0.390 e. The van der Waals surface area contributed by atoms with Crippen molar-refractivity contribution in [2.45, 2.75) is 39.5 Å². The Morgan fingerprint density at radius 1 is 1.52 bits per heavy atom. The van der Waals surface area contributed by atoms with E-state index < -0.39 is 11.0 Å². The highest BCUT2D eigenvalue weighted by Gasteiger charge is 2.20. The highest BCUT2D eigenvalue weighted by Crippen LogP contribution is 2.28. The van der Waals surface area contributed by atoms with E-state index in [0.717, 1.165) is 10.7 Å². The fraction of sp³-hybridized carbons (Fsp3) is 0.571. The SMILES string of the molecule is Cc1nc(C)c(C(C)N(C)CC(O)Cn2cc([N+](=O)[O-])cn2)s1. The number of aromatic nitrogens is 3. The van der Waals surface area contributed by atoms with Gasteiger partial charge in [0, 0.05) is 17.5 Å². The fourth-order valence-corrected chi connectivity index (χ4v) is 3.49. The predicted octanol–water partition coefficient (Wildman–Crippen LogP) is 1.92. The highest BCUT2D eigenvalue weighted by atomic mass is 32.1. The third-order valence-electron chi connectivity index (χ3n) is 3.71. The second-order valence-electron chi connectivity index (χ2n) is 5.63. The molecule has 2 unspecified atom stereocenters. The monoisotopic (exact) mass is 339 g/mol. The number of hydrogen-bond acceptors (Lipinski definition) is 7. The van der Waals surface area contributed by atoms with Gasteiger partial charge in [0.05, 0.1) is 28.3 Å². The maximum absolute atomic E-state index is 10.6. The summed E-state index contributed by atoms with van der Waals surface area (Å²) in [6.45, 7) is 6.69. The van der Waals surface area contributed by atoms with Gasteiger partial charge in [0.15, 0.2) is 0 Å². The third kappa shape index (κ3) is 4.34. The van der Waals surface area contributed by atoms with Gasteiger partial charge in [0.2, 0.25) is 0 Å². The van der Waals surface area contributed by atoms with Crippen LogP contribution in [0.5, 0.6) is 0 Å². The number of aliphatic hydroxyl groups excluding tert-OH is 1. The molecular weight excluding hydrogens is 318 g/mol. The number of aliphatic hydroxyl groups is 1. The summed E-state index contributed by atoms with van der Waals surface area (Å²) >= 11 is 1.66. The summed E-state index contributed by atoms with van der Waals surface area (Å²) in [4.78, 5) is 17.8. The van der Waals surface area contributed by atoms with E-state index in [0.29, 0.717) is 6.54 Å². The van der Waals surface area contributed by atoms with E-state index in [-0.39, 0.29) is 18.3 Å². The van der Waals surface area contributed by atoms with Crippen LogP contribution in [0.1, 0.15) is 28.5 Å². The van der Waals surface area contributed by atoms with Gasteiger partial charge in [0.25, 0.3) is 0 Å². The lowest BCUT2D eigenvalue weighted by Crippen LogP contribution is -2.33. The molecule has 2 atom stereocenters. The van der Waals surface area contributed by atoms with Crippen LogP contribution >= 0.6 is 11.3 Å². The van der Waals surface area contributed by atoms with Crippen LogP contribution in [0.3, 0.4) is 0 Å². The normalized spacial score (nSPS) is 14.2. The molecule has 0 amide bonds. The molecule has 0 saturated heterocycles. The summed E-state index contributed by atoms with van der Waals surface area (Å²) in [6.07, 6.45) is 1.84. The van der Waals surface area contributed by atoms with Crippen LogP contribution in [0.15, 0.2) is 12.4 Å². The molecule has 2 aromatic heterocycles. The van der Waals surface area contributed by atoms with E-state index in [4.69, 9.17) is 0 Å². The summed E-state index contributed by atoms with van der Waals surface area (Å²) in [5.74, 6) is 0. The molecule has 2 heterocycles. The van der Waals surface area contributed by atoms with Gasteiger partial charge in [-0.25, -0.2) is 4.98 Å². The van der Waals surface area contributed by atoms with Gasteiger partial charge in [-0.2, -0.15) is 5.10 Å². The molecule has 1 N–H and O–H groups in total. The molecule has 2 rings (SSSR count). The van der Waals surface area contributed by atoms with Crippen molar-refractivity contribution in [1.29, 1.82) is 0 Å². The van der Waals surface area contributed by atoms with Crippen LogP contribution in [0.2, 0.25) is 0 Å². The van der Waals surface area contributed by atoms with Gasteiger partial charge in [-0.1, -0.05) is 0 Å². The molecule has 0 radical (unpaired) electrons. The molecule has 0 spiro atoms. The fourth-order valence-electron chi connectivity index (χ4n) is 2.45. The molecule has 9 heteroatoms. The van der Waals surface area contributed by atoms with Gasteiger partial charge in [0.1, 0.15) is 12.4 Å². The Morgan fingerprint density at radius 2 is 2.22 bits per heavy atom. The number of likely N-dealkylation sites (N-methyl/N-ethyl adjacent to an activating group) is 1. The van der Waals surface area contributed by atoms with E-state index in [1.807, 2.05) is 25.8 Å². The zero-order valence-electron chi connectivity index (χ0n) is 13.6. The Kier molecular flexibility index (Phi) is 5.45. The predicted molar refractivity (Wildman–Crippen MR) is 87.5 cm³/mol. The molecule has 0 aliphatic heterocycles. The van der Waals surface area contributed by atoms with E-state index in [1.54, 1.807) is 11.3 Å². The minimum atomic E-state index is -0.670. The Labute approximate surface area is 138 Å². The Balaban J connectivity index is 1.94. The number of nitrogens with zero attached hydrogens (tertiary/aromatic N) is 5. The summed E-state index contributed by atoms with van der Waals surface area (Å²) in [5.41, 5.74) is 0.943. The van der Waals surface area contributed by atoms with Crippen molar-refractivity contribution >= 4 is 17.0 Å². The van der Waals surface area contributed by atoms with E-state index in [9.17, 15) is 15.2 Å². The van der Waals surface area contributed by atoms with Crippen LogP contribution in [-0.4, -0.2) is 49.4 Å². The molecule has 0 aromatic carbocycles. The molecule has 2 aromatic rings. The Morgan fingerprint density at radius 3 is 2.74 bits per heavy atom. The quantitative estimate of drug-likeness (QED) is 0.611. The van der Waals surface area contributed by atoms with Crippen molar-refractivity contribution in [2.75, 3.05) is 13.6 Å². The number of hydrogen-bond donors (Lipinski definition) is 1. The van der Waals surface area contributed by atoms with Crippen LogP contribution in [0.25, 0.3) is 0 Å². The second-order valence-corrected chi connectivity index (χ2v) is 6.86. The summed E-state index contributed by atoms with van der Waals surface area (Å²) in [6, 6.07) is 0.141. The molecule has 0 fully saturated rings. The van der Waals surface area contributed by atoms with Crippen molar-refractivity contribution in [2.24, 2.45) is 0 Å². The van der Waals surface area contributed by atoms with Crippen molar-refractivity contribution in [1.82, 2.24) is 19.7 Å². The summed E-state index contributed by atoms with van der Waals surface area (Å²) < 4.78 is 1.39. The lowest BCUT2D eigenvalue weighted by molar-refractivity contribution is -0.385. The zero-order chi connectivity index (χ0) is 17.1. The van der Waals surface area contributed by atoms with Crippen molar-refractivity contribution in [3.8, 4) is 0 Å². The Hall–Kier alpha value is -1.84. The van der Waals surface area contributed by atoms with Crippen LogP contribution in [0.4, 0.5) is 5.69 Å². The molecule has 23 heavy (non-hydrogen) atoms. The van der Waals surface area contributed by atoms with Gasteiger partial charge in [-0.3, -0.25) is 19.7 Å². The topological polar surface area (TPSA) is 97.3 Å². The van der Waals surface area contributed by atoms with E-state index >= 15 is 0 Å². The van der Waals surface area contributed by atoms with Crippen molar-refractivity contribution in [3.63, 3.8) is 0 Å². The highest BCUT2D eigenvalue weighted by molar-refractivity contribution is 7.11. The second kappa shape index (κ2) is 7.16. The maximum Gasteiger partial charge on any atom is 0.306 e. The molecule has 8 nitrogen and oxygen atoms in total. The van der Waals surface area contributed by atoms with Crippen molar-refractivity contribution in [3.05, 3.63) is 38.1 Å². The number of aryl methyl sites for hydroxylation is 2. The van der Waals surface area contributed by atoms with Gasteiger partial charge >= 0.3 is 5.69 Å². The maximum atomic E-state index is 10.6. The zero-order valence-corrected chi connectivity index (χ0v) is 14.4. The molecule has 0 aliphatic rings. The summed E-state index contributed by atoms with van der Waals surface area (Å²) in [5, 5.41) is 25.8. The van der Waals surface area contributed by atoms with Gasteiger partial charge < -0.3 is 5.11 Å². The van der Waals surface area contributed by atoms with Crippen LogP contribution in [0, 0.1) is 24.0 Å². The molecule has 0 saturated carbocycles. The first kappa shape index (κ1) is 17.5. The first-order chi connectivity index (χ1) is 10.8. The molecule has 0 bridgehead atoms. The van der Waals surface area contributed by atoms with E-state index in [1.165, 1.54) is 22.0 Å². The lowest BCUT2D eigenvalue weighted by atomic mass is 10.2. The molecular formula is C14H21N5O3S. The van der Waals surface area contributed by atoms with Gasteiger partial charge in [-0.15, -0.1) is 11.3 Å². The van der Waals surface area contributed by atoms with Crippen LogP contribution in [-0.2, 0) is 6.54 Å². The lowest BCUT2D eigenvalue weighted by Gasteiger charge is -2.26. The van der Waals surface area contributed by atoms with Crippen molar-refractivity contribution < 1.29 is 10.0 Å². The molecule has 0 aliphatic carbocycles. The molecule has 126 valence electrons. The average molecular weight is 339 g/mol. The smallest absolute Gasteiger partial charge is 0.306 e. The number of thiazole rings is 1. The first-order valence-corrected chi connectivity index (χ1v) is 8.08. The first-order valence-electron chi connectivity index (χ1n) is 7.27. The summed E-state index contributed by atoms with van der Waals surface area (Å²) in [7, 11) is 1.94. The van der Waals surface area contributed by atoms with Crippen LogP contribution < -0.4 is 0 Å². The Bertz CT molecular complexity index is 684. The largest absolute Gasteiger partial charge is 0.390 e. The average Bonchev–Trinajstić information content (AvgIpc) is 3.04. The number of nitro groups is 1. The third-order valence-corrected chi connectivity index (χ3v) is 4.95. The standard InChI is InChI=1S/C14H21N5O3S/c1-9-14(23-11(3)16-9)10(2)17(4)7-13(20)8-18-6-12(5-15-18)19(21)22/h5-6,10,13,20H,7-8H2,1-4H3. The number of rotatable bonds is 7.